The van der Waals surface area contributed by atoms with Crippen LogP contribution in [0.5, 0.6) is 0 Å². The van der Waals surface area contributed by atoms with E-state index in [1.54, 1.807) is 0 Å². The Morgan fingerprint density at radius 3 is 2.42 bits per heavy atom. The summed E-state index contributed by atoms with van der Waals surface area (Å²) in [7, 11) is 0. The molecule has 0 amide bonds. The van der Waals surface area contributed by atoms with Crippen LogP contribution in [0.4, 0.5) is 0 Å². The smallest absolute Gasteiger partial charge is 0.169 e. The summed E-state index contributed by atoms with van der Waals surface area (Å²) >= 11 is 5.59. The highest BCUT2D eigenvalue weighted by atomic mass is 32.1. The lowest BCUT2D eigenvalue weighted by atomic mass is 10.1. The number of aryl methyl sites for hydroxylation is 2. The Bertz CT molecular complexity index is 729. The molecule has 1 N–H and O–H groups in total. The van der Waals surface area contributed by atoms with Crippen LogP contribution in [0.2, 0.25) is 0 Å². The Kier molecular flexibility index (Phi) is 6.27. The van der Waals surface area contributed by atoms with Crippen LogP contribution in [0, 0.1) is 13.8 Å². The van der Waals surface area contributed by atoms with Crippen molar-refractivity contribution in [2.75, 3.05) is 26.2 Å². The van der Waals surface area contributed by atoms with E-state index in [0.29, 0.717) is 0 Å². The highest BCUT2D eigenvalue weighted by Crippen LogP contribution is 2.13. The molecule has 0 atom stereocenters. The summed E-state index contributed by atoms with van der Waals surface area (Å²) < 4.78 is 2.07. The van der Waals surface area contributed by atoms with Gasteiger partial charge in [-0.1, -0.05) is 29.8 Å². The van der Waals surface area contributed by atoms with Gasteiger partial charge in [0, 0.05) is 57.1 Å². The summed E-state index contributed by atoms with van der Waals surface area (Å²) in [6.07, 6.45) is 2.01. The molecule has 6 heteroatoms. The van der Waals surface area contributed by atoms with Gasteiger partial charge in [0.05, 0.1) is 6.20 Å². The van der Waals surface area contributed by atoms with Gasteiger partial charge >= 0.3 is 0 Å². The molecular weight excluding hydrogens is 342 g/mol. The van der Waals surface area contributed by atoms with Crippen molar-refractivity contribution in [1.29, 1.82) is 0 Å². The van der Waals surface area contributed by atoms with Crippen LogP contribution in [0.3, 0.4) is 0 Å². The van der Waals surface area contributed by atoms with E-state index < -0.39 is 0 Å². The molecule has 140 valence electrons. The zero-order valence-corrected chi connectivity index (χ0v) is 16.9. The van der Waals surface area contributed by atoms with Crippen LogP contribution in [0.1, 0.15) is 29.3 Å². The SMILES string of the molecule is CCn1ncc(CN2CCN(C(=S)NCc3ccc(C)cc3)CC2)c1C. The fourth-order valence-electron chi connectivity index (χ4n) is 3.30. The maximum Gasteiger partial charge on any atom is 0.169 e. The first-order valence-corrected chi connectivity index (χ1v) is 9.79. The zero-order valence-electron chi connectivity index (χ0n) is 16.0. The van der Waals surface area contributed by atoms with Crippen LogP contribution in [-0.4, -0.2) is 50.9 Å². The van der Waals surface area contributed by atoms with Gasteiger partial charge in [-0.3, -0.25) is 9.58 Å². The summed E-state index contributed by atoms with van der Waals surface area (Å²) in [5.41, 5.74) is 5.16. The third-order valence-electron chi connectivity index (χ3n) is 5.12. The number of benzene rings is 1. The minimum Gasteiger partial charge on any atom is -0.358 e. The van der Waals surface area contributed by atoms with Crippen molar-refractivity contribution < 1.29 is 0 Å². The van der Waals surface area contributed by atoms with E-state index in [2.05, 4.69) is 69.9 Å². The molecule has 26 heavy (non-hydrogen) atoms. The normalized spacial score (nSPS) is 15.3. The van der Waals surface area contributed by atoms with Gasteiger partial charge in [-0.15, -0.1) is 0 Å². The van der Waals surface area contributed by atoms with Crippen molar-refractivity contribution in [3.63, 3.8) is 0 Å². The molecule has 1 fully saturated rings. The minimum absolute atomic E-state index is 0.786. The summed E-state index contributed by atoms with van der Waals surface area (Å²) in [6, 6.07) is 8.59. The predicted molar refractivity (Wildman–Crippen MR) is 110 cm³/mol. The van der Waals surface area contributed by atoms with Crippen molar-refractivity contribution in [2.45, 2.75) is 40.4 Å². The number of piperazine rings is 1. The lowest BCUT2D eigenvalue weighted by Gasteiger charge is -2.36. The highest BCUT2D eigenvalue weighted by molar-refractivity contribution is 7.80. The topological polar surface area (TPSA) is 36.3 Å². The molecule has 0 radical (unpaired) electrons. The molecule has 0 bridgehead atoms. The Labute approximate surface area is 162 Å². The van der Waals surface area contributed by atoms with E-state index in [0.717, 1.165) is 50.9 Å². The molecule has 5 nitrogen and oxygen atoms in total. The number of aromatic nitrogens is 2. The van der Waals surface area contributed by atoms with Crippen molar-refractivity contribution in [3.8, 4) is 0 Å². The number of rotatable bonds is 5. The van der Waals surface area contributed by atoms with Gasteiger partial charge in [0.2, 0.25) is 0 Å². The van der Waals surface area contributed by atoms with Crippen molar-refractivity contribution >= 4 is 17.3 Å². The summed E-state index contributed by atoms with van der Waals surface area (Å²) in [4.78, 5) is 4.77. The van der Waals surface area contributed by atoms with E-state index in [-0.39, 0.29) is 0 Å². The summed E-state index contributed by atoms with van der Waals surface area (Å²) in [5, 5.41) is 8.71. The molecule has 0 spiro atoms. The molecule has 1 aromatic carbocycles. The average Bonchev–Trinajstić information content (AvgIpc) is 3.01. The molecule has 0 saturated carbocycles. The standard InChI is InChI=1S/C20H29N5S/c1-4-25-17(3)19(14-22-25)15-23-9-11-24(12-10-23)20(26)21-13-18-7-5-16(2)6-8-18/h5-8,14H,4,9-13,15H2,1-3H3,(H,21,26). The number of hydrogen-bond donors (Lipinski definition) is 1. The molecule has 0 unspecified atom stereocenters. The maximum atomic E-state index is 5.59. The van der Waals surface area contributed by atoms with E-state index in [1.807, 2.05) is 6.20 Å². The van der Waals surface area contributed by atoms with Gasteiger partial charge in [-0.2, -0.15) is 5.10 Å². The Morgan fingerprint density at radius 2 is 1.81 bits per heavy atom. The van der Waals surface area contributed by atoms with Crippen LogP contribution < -0.4 is 5.32 Å². The van der Waals surface area contributed by atoms with E-state index in [9.17, 15) is 0 Å². The highest BCUT2D eigenvalue weighted by Gasteiger charge is 2.20. The first kappa shape index (κ1) is 18.9. The largest absolute Gasteiger partial charge is 0.358 e. The van der Waals surface area contributed by atoms with E-state index in [4.69, 9.17) is 12.2 Å². The average molecular weight is 372 g/mol. The zero-order chi connectivity index (χ0) is 18.5. The molecule has 1 aliphatic rings. The van der Waals surface area contributed by atoms with Gasteiger partial charge in [-0.25, -0.2) is 0 Å². The predicted octanol–water partition coefficient (Wildman–Crippen LogP) is 2.71. The Morgan fingerprint density at radius 1 is 1.12 bits per heavy atom. The summed E-state index contributed by atoms with van der Waals surface area (Å²) in [6.45, 7) is 13.1. The fourth-order valence-corrected chi connectivity index (χ4v) is 3.56. The molecule has 1 saturated heterocycles. The number of nitrogens with zero attached hydrogens (tertiary/aromatic N) is 4. The number of hydrogen-bond acceptors (Lipinski definition) is 3. The number of nitrogens with one attached hydrogen (secondary N) is 1. The van der Waals surface area contributed by atoms with Crippen molar-refractivity contribution in [3.05, 3.63) is 52.8 Å². The van der Waals surface area contributed by atoms with Gasteiger partial charge in [0.15, 0.2) is 5.11 Å². The maximum absolute atomic E-state index is 5.59. The van der Waals surface area contributed by atoms with Crippen LogP contribution in [-0.2, 0) is 19.6 Å². The molecule has 3 rings (SSSR count). The van der Waals surface area contributed by atoms with Gasteiger partial charge < -0.3 is 10.2 Å². The molecule has 1 aromatic heterocycles. The van der Waals surface area contributed by atoms with Gasteiger partial charge in [-0.05, 0) is 38.6 Å². The second-order valence-electron chi connectivity index (χ2n) is 6.98. The van der Waals surface area contributed by atoms with Gasteiger partial charge in [0.1, 0.15) is 0 Å². The third-order valence-corrected chi connectivity index (χ3v) is 5.52. The van der Waals surface area contributed by atoms with E-state index in [1.165, 1.54) is 22.4 Å². The lowest BCUT2D eigenvalue weighted by Crippen LogP contribution is -2.51. The Balaban J connectivity index is 1.44. The van der Waals surface area contributed by atoms with E-state index >= 15 is 0 Å². The second kappa shape index (κ2) is 8.64. The minimum atomic E-state index is 0.786. The molecule has 0 aliphatic carbocycles. The first-order valence-electron chi connectivity index (χ1n) is 9.38. The van der Waals surface area contributed by atoms with Crippen molar-refractivity contribution in [1.82, 2.24) is 24.9 Å². The number of thiocarbonyl (C=S) groups is 1. The third kappa shape index (κ3) is 4.62. The molecular formula is C20H29N5S. The molecule has 2 aromatic rings. The monoisotopic (exact) mass is 371 g/mol. The summed E-state index contributed by atoms with van der Waals surface area (Å²) in [5.74, 6) is 0. The van der Waals surface area contributed by atoms with Crippen LogP contribution >= 0.6 is 12.2 Å². The van der Waals surface area contributed by atoms with Gasteiger partial charge in [0.25, 0.3) is 0 Å². The Hall–Kier alpha value is -1.92. The molecule has 2 heterocycles. The molecule has 1 aliphatic heterocycles. The first-order chi connectivity index (χ1) is 12.6. The quantitative estimate of drug-likeness (QED) is 0.818. The van der Waals surface area contributed by atoms with Crippen LogP contribution in [0.25, 0.3) is 0 Å². The second-order valence-corrected chi connectivity index (χ2v) is 7.37. The lowest BCUT2D eigenvalue weighted by molar-refractivity contribution is 0.174. The van der Waals surface area contributed by atoms with Crippen molar-refractivity contribution in [2.24, 2.45) is 0 Å². The van der Waals surface area contributed by atoms with Crippen LogP contribution in [0.15, 0.2) is 30.5 Å². The fraction of sp³-hybridized carbons (Fsp3) is 0.500.